The highest BCUT2D eigenvalue weighted by atomic mass is 16.3. The number of benzene rings is 1. The molecule has 0 saturated carbocycles. The van der Waals surface area contributed by atoms with Crippen molar-refractivity contribution < 1.29 is 10.2 Å². The van der Waals surface area contributed by atoms with Gasteiger partial charge in [0.05, 0.1) is 0 Å². The molecule has 1 aromatic carbocycles. The normalized spacial score (nSPS) is 11.1. The fraction of sp³-hybridized carbons (Fsp3) is 0.571. The molecule has 18 heavy (non-hydrogen) atoms. The monoisotopic (exact) mass is 252 g/mol. The van der Waals surface area contributed by atoms with Gasteiger partial charge >= 0.3 is 0 Å². The summed E-state index contributed by atoms with van der Waals surface area (Å²) in [6.45, 7) is 9.34. The van der Waals surface area contributed by atoms with Gasteiger partial charge in [0.1, 0.15) is 0 Å². The van der Waals surface area contributed by atoms with Crippen molar-refractivity contribution in [1.82, 2.24) is 10.2 Å². The minimum Gasteiger partial charge on any atom is -0.504 e. The van der Waals surface area contributed by atoms with E-state index in [0.29, 0.717) is 6.54 Å². The van der Waals surface area contributed by atoms with E-state index in [1.165, 1.54) is 6.07 Å². The third-order valence-corrected chi connectivity index (χ3v) is 3.09. The average Bonchev–Trinajstić information content (AvgIpc) is 2.38. The summed E-state index contributed by atoms with van der Waals surface area (Å²) in [7, 11) is 0. The molecular weight excluding hydrogens is 228 g/mol. The number of hydrogen-bond acceptors (Lipinski definition) is 4. The third-order valence-electron chi connectivity index (χ3n) is 3.09. The fourth-order valence-corrected chi connectivity index (χ4v) is 1.88. The molecule has 1 aromatic rings. The maximum atomic E-state index is 9.35. The summed E-state index contributed by atoms with van der Waals surface area (Å²) in [4.78, 5) is 2.40. The minimum atomic E-state index is -0.0692. The molecule has 0 radical (unpaired) electrons. The molecule has 0 spiro atoms. The molecule has 102 valence electrons. The highest BCUT2D eigenvalue weighted by molar-refractivity contribution is 5.40. The largest absolute Gasteiger partial charge is 0.504 e. The summed E-state index contributed by atoms with van der Waals surface area (Å²) < 4.78 is 0. The van der Waals surface area contributed by atoms with E-state index in [-0.39, 0.29) is 11.5 Å². The van der Waals surface area contributed by atoms with Crippen LogP contribution in [0.25, 0.3) is 0 Å². The Hall–Kier alpha value is -1.26. The van der Waals surface area contributed by atoms with Crippen molar-refractivity contribution in [2.75, 3.05) is 26.2 Å². The number of rotatable bonds is 8. The van der Waals surface area contributed by atoms with Gasteiger partial charge in [-0.15, -0.1) is 0 Å². The van der Waals surface area contributed by atoms with Crippen LogP contribution < -0.4 is 5.32 Å². The van der Waals surface area contributed by atoms with Gasteiger partial charge < -0.3 is 20.4 Å². The summed E-state index contributed by atoms with van der Waals surface area (Å²) in [5.74, 6) is -0.127. The molecule has 0 aliphatic heterocycles. The van der Waals surface area contributed by atoms with E-state index in [9.17, 15) is 10.2 Å². The molecule has 0 aromatic heterocycles. The maximum Gasteiger partial charge on any atom is 0.157 e. The van der Waals surface area contributed by atoms with Crippen LogP contribution in [-0.4, -0.2) is 41.3 Å². The molecule has 0 heterocycles. The van der Waals surface area contributed by atoms with E-state index >= 15 is 0 Å². The Morgan fingerprint density at radius 1 is 1.11 bits per heavy atom. The number of phenolic OH excluding ortho intramolecular Hbond substituents is 2. The maximum absolute atomic E-state index is 9.35. The molecule has 0 unspecified atom stereocenters. The second kappa shape index (κ2) is 7.95. The van der Waals surface area contributed by atoms with Crippen LogP contribution >= 0.6 is 0 Å². The van der Waals surface area contributed by atoms with Crippen molar-refractivity contribution in [3.63, 3.8) is 0 Å². The SMILES string of the molecule is CCN(CC)CCCNCc1ccc(O)c(O)c1. The Morgan fingerprint density at radius 3 is 2.44 bits per heavy atom. The van der Waals surface area contributed by atoms with Crippen molar-refractivity contribution in [1.29, 1.82) is 0 Å². The van der Waals surface area contributed by atoms with Gasteiger partial charge in [-0.25, -0.2) is 0 Å². The Balaban J connectivity index is 2.19. The van der Waals surface area contributed by atoms with Crippen LogP contribution in [0.4, 0.5) is 0 Å². The van der Waals surface area contributed by atoms with Crippen molar-refractivity contribution >= 4 is 0 Å². The van der Waals surface area contributed by atoms with Gasteiger partial charge in [-0.1, -0.05) is 19.9 Å². The standard InChI is InChI=1S/C14H24N2O2/c1-3-16(4-2)9-5-8-15-11-12-6-7-13(17)14(18)10-12/h6-7,10,15,17-18H,3-5,8-9,11H2,1-2H3. The minimum absolute atomic E-state index is 0.0579. The van der Waals surface area contributed by atoms with E-state index in [1.54, 1.807) is 6.07 Å². The van der Waals surface area contributed by atoms with Crippen LogP contribution in [0, 0.1) is 0 Å². The number of phenols is 2. The molecule has 1 rings (SSSR count). The highest BCUT2D eigenvalue weighted by Gasteiger charge is 2.01. The first-order valence-corrected chi connectivity index (χ1v) is 6.61. The van der Waals surface area contributed by atoms with Gasteiger partial charge in [0.2, 0.25) is 0 Å². The van der Waals surface area contributed by atoms with Crippen LogP contribution in [0.2, 0.25) is 0 Å². The fourth-order valence-electron chi connectivity index (χ4n) is 1.88. The lowest BCUT2D eigenvalue weighted by Crippen LogP contribution is -2.27. The molecule has 4 heteroatoms. The Kier molecular flexibility index (Phi) is 6.54. The number of nitrogens with zero attached hydrogens (tertiary/aromatic N) is 1. The Labute approximate surface area is 109 Å². The van der Waals surface area contributed by atoms with E-state index in [2.05, 4.69) is 24.1 Å². The van der Waals surface area contributed by atoms with E-state index in [4.69, 9.17) is 0 Å². The van der Waals surface area contributed by atoms with Crippen molar-refractivity contribution in [2.45, 2.75) is 26.8 Å². The topological polar surface area (TPSA) is 55.7 Å². The zero-order valence-electron chi connectivity index (χ0n) is 11.3. The van der Waals surface area contributed by atoms with Gasteiger partial charge in [0, 0.05) is 6.54 Å². The Morgan fingerprint density at radius 2 is 1.83 bits per heavy atom. The summed E-state index contributed by atoms with van der Waals surface area (Å²) in [5.41, 5.74) is 0.980. The molecule has 0 amide bonds. The van der Waals surface area contributed by atoms with Crippen LogP contribution in [0.15, 0.2) is 18.2 Å². The number of aromatic hydroxyl groups is 2. The number of hydrogen-bond donors (Lipinski definition) is 3. The third kappa shape index (κ3) is 4.94. The van der Waals surface area contributed by atoms with Gasteiger partial charge in [-0.3, -0.25) is 0 Å². The van der Waals surface area contributed by atoms with Gasteiger partial charge in [0.25, 0.3) is 0 Å². The van der Waals surface area contributed by atoms with Crippen LogP contribution in [0.3, 0.4) is 0 Å². The van der Waals surface area contributed by atoms with Gasteiger partial charge in [-0.2, -0.15) is 0 Å². The molecule has 0 aliphatic rings. The molecule has 0 fully saturated rings. The molecule has 0 aliphatic carbocycles. The second-order valence-electron chi connectivity index (χ2n) is 4.38. The zero-order valence-corrected chi connectivity index (χ0v) is 11.3. The number of nitrogens with one attached hydrogen (secondary N) is 1. The first-order chi connectivity index (χ1) is 8.67. The second-order valence-corrected chi connectivity index (χ2v) is 4.38. The van der Waals surface area contributed by atoms with E-state index in [1.807, 2.05) is 6.07 Å². The summed E-state index contributed by atoms with van der Waals surface area (Å²) >= 11 is 0. The zero-order chi connectivity index (χ0) is 13.4. The lowest BCUT2D eigenvalue weighted by molar-refractivity contribution is 0.298. The summed E-state index contributed by atoms with van der Waals surface area (Å²) in [6.07, 6.45) is 1.12. The predicted octanol–water partition coefficient (Wildman–Crippen LogP) is 1.92. The first-order valence-electron chi connectivity index (χ1n) is 6.61. The molecule has 0 atom stereocenters. The summed E-state index contributed by atoms with van der Waals surface area (Å²) in [5, 5.41) is 21.9. The lowest BCUT2D eigenvalue weighted by atomic mass is 10.2. The van der Waals surface area contributed by atoms with Crippen molar-refractivity contribution in [3.8, 4) is 11.5 Å². The first kappa shape index (κ1) is 14.8. The molecular formula is C14H24N2O2. The van der Waals surface area contributed by atoms with Gasteiger partial charge in [-0.05, 0) is 50.3 Å². The van der Waals surface area contributed by atoms with Crippen LogP contribution in [-0.2, 0) is 6.54 Å². The van der Waals surface area contributed by atoms with E-state index < -0.39 is 0 Å². The molecule has 3 N–H and O–H groups in total. The van der Waals surface area contributed by atoms with E-state index in [0.717, 1.165) is 38.2 Å². The predicted molar refractivity (Wildman–Crippen MR) is 73.9 cm³/mol. The van der Waals surface area contributed by atoms with Crippen molar-refractivity contribution in [2.24, 2.45) is 0 Å². The van der Waals surface area contributed by atoms with Crippen molar-refractivity contribution in [3.05, 3.63) is 23.8 Å². The summed E-state index contributed by atoms with van der Waals surface area (Å²) in [6, 6.07) is 4.92. The highest BCUT2D eigenvalue weighted by Crippen LogP contribution is 2.24. The van der Waals surface area contributed by atoms with Crippen LogP contribution in [0.1, 0.15) is 25.8 Å². The molecule has 0 bridgehead atoms. The molecule has 0 saturated heterocycles. The Bertz CT molecular complexity index is 352. The molecule has 4 nitrogen and oxygen atoms in total. The average molecular weight is 252 g/mol. The smallest absolute Gasteiger partial charge is 0.157 e. The van der Waals surface area contributed by atoms with Crippen LogP contribution in [0.5, 0.6) is 11.5 Å². The quantitative estimate of drug-likeness (QED) is 0.489. The van der Waals surface area contributed by atoms with Gasteiger partial charge in [0.15, 0.2) is 11.5 Å². The lowest BCUT2D eigenvalue weighted by Gasteiger charge is -2.17.